The molecule has 6 heteroatoms. The van der Waals surface area contributed by atoms with Crippen LogP contribution in [0.15, 0.2) is 0 Å². The molecule has 0 aromatic heterocycles. The molecule has 0 amide bonds. The number of aliphatic hydroxyl groups excluding tert-OH is 3. The average Bonchev–Trinajstić information content (AvgIpc) is 3.26. The van der Waals surface area contributed by atoms with Gasteiger partial charge in [0.05, 0.1) is 58.0 Å². The fraction of sp³-hybridized carbons (Fsp3) is 1.00. The van der Waals surface area contributed by atoms with E-state index in [1.807, 2.05) is 0 Å². The van der Waals surface area contributed by atoms with E-state index in [4.69, 9.17) is 14.2 Å². The lowest BCUT2D eigenvalue weighted by Crippen LogP contribution is -2.63. The number of hydrogen-bond donors (Lipinski definition) is 3. The van der Waals surface area contributed by atoms with Crippen molar-refractivity contribution in [2.24, 2.45) is 46.3 Å². The van der Waals surface area contributed by atoms with E-state index in [1.54, 1.807) is 0 Å². The number of aliphatic hydroxyl groups is 3. The molecule has 37 heavy (non-hydrogen) atoms. The second kappa shape index (κ2) is 13.0. The molecule has 11 atom stereocenters. The molecule has 4 aliphatic rings. The fourth-order valence-electron chi connectivity index (χ4n) is 9.98. The quantitative estimate of drug-likeness (QED) is 0.320. The Hall–Kier alpha value is -0.240. The summed E-state index contributed by atoms with van der Waals surface area (Å²) in [5, 5.41) is 28.7. The summed E-state index contributed by atoms with van der Waals surface area (Å²) in [4.78, 5) is 0. The Bertz CT molecular complexity index is 703. The maximum Gasteiger partial charge on any atom is 0.0701 e. The third-order valence-electron chi connectivity index (χ3n) is 11.7. The molecule has 4 aliphatic carbocycles. The summed E-state index contributed by atoms with van der Waals surface area (Å²) in [7, 11) is 0. The third-order valence-corrected chi connectivity index (χ3v) is 11.7. The van der Waals surface area contributed by atoms with Crippen molar-refractivity contribution in [3.8, 4) is 0 Å². The van der Waals surface area contributed by atoms with Gasteiger partial charge in [-0.1, -0.05) is 47.0 Å². The molecule has 0 aliphatic heterocycles. The number of fused-ring (bicyclic) bond motifs is 5. The first kappa shape index (κ1) is 29.7. The van der Waals surface area contributed by atoms with E-state index in [0.29, 0.717) is 55.3 Å². The number of hydrogen-bond acceptors (Lipinski definition) is 6. The summed E-state index contributed by atoms with van der Waals surface area (Å²) in [6.07, 6.45) is 12.2. The van der Waals surface area contributed by atoms with Crippen molar-refractivity contribution < 1.29 is 29.5 Å². The molecule has 3 N–H and O–H groups in total. The van der Waals surface area contributed by atoms with Gasteiger partial charge in [0.2, 0.25) is 0 Å². The van der Waals surface area contributed by atoms with Crippen LogP contribution in [0.4, 0.5) is 0 Å². The van der Waals surface area contributed by atoms with Crippen LogP contribution in [-0.4, -0.2) is 73.3 Å². The highest BCUT2D eigenvalue weighted by molar-refractivity contribution is 5.15. The van der Waals surface area contributed by atoms with Crippen LogP contribution in [0, 0.1) is 46.3 Å². The van der Waals surface area contributed by atoms with E-state index in [0.717, 1.165) is 32.1 Å². The first-order valence-corrected chi connectivity index (χ1v) is 15.5. The van der Waals surface area contributed by atoms with Crippen LogP contribution in [0.25, 0.3) is 0 Å². The molecular formula is C31H56O6. The Morgan fingerprint density at radius 2 is 1.54 bits per heavy atom. The summed E-state index contributed by atoms with van der Waals surface area (Å²) < 4.78 is 19.2. The topological polar surface area (TPSA) is 88.4 Å². The molecule has 0 bridgehead atoms. The van der Waals surface area contributed by atoms with Gasteiger partial charge < -0.3 is 29.5 Å². The highest BCUT2D eigenvalue weighted by Gasteiger charge is 2.66. The lowest BCUT2D eigenvalue weighted by atomic mass is 9.43. The monoisotopic (exact) mass is 524 g/mol. The van der Waals surface area contributed by atoms with Crippen LogP contribution < -0.4 is 0 Å². The van der Waals surface area contributed by atoms with Gasteiger partial charge in [-0.15, -0.1) is 0 Å². The van der Waals surface area contributed by atoms with E-state index >= 15 is 0 Å². The predicted molar refractivity (Wildman–Crippen MR) is 145 cm³/mol. The minimum atomic E-state index is 0.0684. The molecule has 4 saturated carbocycles. The van der Waals surface area contributed by atoms with Crippen molar-refractivity contribution in [1.29, 1.82) is 0 Å². The van der Waals surface area contributed by atoms with E-state index in [2.05, 4.69) is 27.7 Å². The molecule has 0 spiro atoms. The normalized spacial score (nSPS) is 44.2. The Morgan fingerprint density at radius 1 is 0.838 bits per heavy atom. The van der Waals surface area contributed by atoms with Gasteiger partial charge in [0.15, 0.2) is 0 Å². The first-order chi connectivity index (χ1) is 17.8. The van der Waals surface area contributed by atoms with Crippen LogP contribution in [0.1, 0.15) is 91.9 Å². The second-order valence-corrected chi connectivity index (χ2v) is 13.3. The van der Waals surface area contributed by atoms with Crippen LogP contribution in [-0.2, 0) is 14.2 Å². The highest BCUT2D eigenvalue weighted by atomic mass is 16.5. The standard InChI is InChI=1S/C31H56O6/c1-5-6-7-21(2)24-8-9-25-29-26(20-28(31(24,25)4)37-17-14-34)30(3)11-10-23(35-15-12-32)18-22(30)19-27(29)36-16-13-33/h21-29,32-34H,5-20H2,1-4H3/t21-,22+,23?,24-,25+,26+,27-,28+,29+,30+,31-/m1/s1. The molecule has 0 aromatic rings. The minimum Gasteiger partial charge on any atom is -0.394 e. The van der Waals surface area contributed by atoms with Gasteiger partial charge in [-0.05, 0) is 85.9 Å². The van der Waals surface area contributed by atoms with Gasteiger partial charge in [-0.3, -0.25) is 0 Å². The SMILES string of the molecule is CCCC[C@@H](C)[C@H]1CC[C@H]2[C@@H]3[C@H](OCCO)C[C@@H]4CC(OCCO)CC[C@]4(C)[C@H]3C[C@H](OCCO)[C@]12C. The van der Waals surface area contributed by atoms with E-state index < -0.39 is 0 Å². The predicted octanol–water partition coefficient (Wildman–Crippen LogP) is 4.82. The van der Waals surface area contributed by atoms with Crippen molar-refractivity contribution in [1.82, 2.24) is 0 Å². The van der Waals surface area contributed by atoms with E-state index in [1.165, 1.54) is 32.1 Å². The molecule has 216 valence electrons. The molecule has 0 radical (unpaired) electrons. The molecule has 0 saturated heterocycles. The summed E-state index contributed by atoms with van der Waals surface area (Å²) in [6.45, 7) is 11.3. The average molecular weight is 525 g/mol. The summed E-state index contributed by atoms with van der Waals surface area (Å²) >= 11 is 0. The number of unbranched alkanes of at least 4 members (excludes halogenated alkanes) is 1. The Labute approximate surface area is 225 Å². The molecule has 0 heterocycles. The largest absolute Gasteiger partial charge is 0.394 e. The fourth-order valence-corrected chi connectivity index (χ4v) is 9.98. The van der Waals surface area contributed by atoms with Crippen molar-refractivity contribution in [3.05, 3.63) is 0 Å². The molecule has 1 unspecified atom stereocenters. The van der Waals surface area contributed by atoms with Crippen molar-refractivity contribution in [2.75, 3.05) is 39.6 Å². The van der Waals surface area contributed by atoms with Gasteiger partial charge in [-0.25, -0.2) is 0 Å². The van der Waals surface area contributed by atoms with Crippen LogP contribution >= 0.6 is 0 Å². The highest BCUT2D eigenvalue weighted by Crippen LogP contribution is 2.69. The van der Waals surface area contributed by atoms with Crippen LogP contribution in [0.5, 0.6) is 0 Å². The first-order valence-electron chi connectivity index (χ1n) is 15.5. The van der Waals surface area contributed by atoms with Crippen molar-refractivity contribution >= 4 is 0 Å². The number of ether oxygens (including phenoxy) is 3. The van der Waals surface area contributed by atoms with Crippen LogP contribution in [0.2, 0.25) is 0 Å². The zero-order valence-electron chi connectivity index (χ0n) is 24.1. The van der Waals surface area contributed by atoms with Gasteiger partial charge in [0, 0.05) is 5.41 Å². The van der Waals surface area contributed by atoms with Gasteiger partial charge in [0.25, 0.3) is 0 Å². The summed E-state index contributed by atoms with van der Waals surface area (Å²) in [5.41, 5.74) is 0.311. The number of rotatable bonds is 13. The Kier molecular flexibility index (Phi) is 10.4. The maximum atomic E-state index is 9.72. The molecular weight excluding hydrogens is 468 g/mol. The third kappa shape index (κ3) is 5.67. The lowest BCUT2D eigenvalue weighted by Gasteiger charge is -2.64. The Morgan fingerprint density at radius 3 is 2.24 bits per heavy atom. The summed E-state index contributed by atoms with van der Waals surface area (Å²) in [5.74, 6) is 3.38. The van der Waals surface area contributed by atoms with E-state index in [9.17, 15) is 15.3 Å². The minimum absolute atomic E-state index is 0.0684. The summed E-state index contributed by atoms with van der Waals surface area (Å²) in [6, 6.07) is 0. The Balaban J connectivity index is 1.66. The zero-order valence-corrected chi connectivity index (χ0v) is 24.1. The smallest absolute Gasteiger partial charge is 0.0701 e. The van der Waals surface area contributed by atoms with Gasteiger partial charge in [0.1, 0.15) is 0 Å². The molecule has 4 rings (SSSR count). The van der Waals surface area contributed by atoms with Gasteiger partial charge in [-0.2, -0.15) is 0 Å². The van der Waals surface area contributed by atoms with Crippen LogP contribution in [0.3, 0.4) is 0 Å². The van der Waals surface area contributed by atoms with Crippen molar-refractivity contribution in [3.63, 3.8) is 0 Å². The second-order valence-electron chi connectivity index (χ2n) is 13.3. The zero-order chi connectivity index (χ0) is 26.6. The molecule has 6 nitrogen and oxygen atoms in total. The molecule has 4 fully saturated rings. The van der Waals surface area contributed by atoms with E-state index in [-0.39, 0.29) is 49.0 Å². The van der Waals surface area contributed by atoms with Crippen molar-refractivity contribution in [2.45, 2.75) is 110 Å². The van der Waals surface area contributed by atoms with Gasteiger partial charge >= 0.3 is 0 Å². The lowest BCUT2D eigenvalue weighted by molar-refractivity contribution is -0.229. The maximum absolute atomic E-state index is 9.72. The molecule has 0 aromatic carbocycles.